The summed E-state index contributed by atoms with van der Waals surface area (Å²) < 4.78 is 0. The summed E-state index contributed by atoms with van der Waals surface area (Å²) in [6, 6.07) is 0. The Hall–Kier alpha value is -0.120. The quantitative estimate of drug-likeness (QED) is 0.140. The van der Waals surface area contributed by atoms with E-state index in [4.69, 9.17) is 5.73 Å². The van der Waals surface area contributed by atoms with E-state index in [0.29, 0.717) is 6.54 Å². The fraction of sp³-hybridized carbons (Fsp3) is 0.833. The van der Waals surface area contributed by atoms with E-state index in [1.54, 1.807) is 6.08 Å². The highest BCUT2D eigenvalue weighted by Crippen LogP contribution is 2.05. The number of unbranched alkanes of at least 4 members (excludes halogenated alkanes) is 9. The minimum atomic E-state index is 0.583. The molecule has 0 atom stereocenters. The first-order chi connectivity index (χ1) is 13.2. The molecule has 0 aliphatic heterocycles. The highest BCUT2D eigenvalue weighted by Gasteiger charge is 2.01. The maximum absolute atomic E-state index is 4.91. The third kappa shape index (κ3) is 37.3. The van der Waals surface area contributed by atoms with Gasteiger partial charge in [-0.1, -0.05) is 107 Å². The molecule has 0 amide bonds. The Morgan fingerprint density at radius 2 is 1.11 bits per heavy atom. The fourth-order valence-electron chi connectivity index (χ4n) is 2.52. The molecule has 0 radical (unpaired) electrons. The molecule has 0 fully saturated rings. The van der Waals surface area contributed by atoms with Crippen LogP contribution in [0.25, 0.3) is 0 Å². The molecule has 0 rings (SSSR count). The van der Waals surface area contributed by atoms with E-state index >= 15 is 0 Å². The predicted octanol–water partition coefficient (Wildman–Crippen LogP) is 7.73. The van der Waals surface area contributed by atoms with Crippen molar-refractivity contribution < 1.29 is 0 Å². The lowest BCUT2D eigenvalue weighted by Gasteiger charge is -2.20. The maximum atomic E-state index is 4.91. The predicted molar refractivity (Wildman–Crippen MR) is 132 cm³/mol. The van der Waals surface area contributed by atoms with Crippen LogP contribution in [0.1, 0.15) is 97.8 Å². The Balaban J connectivity index is -0.000000431. The lowest BCUT2D eigenvalue weighted by molar-refractivity contribution is 0.287. The van der Waals surface area contributed by atoms with Gasteiger partial charge in [-0.3, -0.25) is 4.90 Å². The van der Waals surface area contributed by atoms with E-state index in [1.807, 2.05) is 6.08 Å². The first kappa shape index (κ1) is 31.6. The zero-order valence-corrected chi connectivity index (χ0v) is 20.6. The van der Waals surface area contributed by atoms with Crippen molar-refractivity contribution in [1.82, 2.24) is 4.90 Å². The van der Waals surface area contributed by atoms with Crippen LogP contribution in [-0.2, 0) is 0 Å². The zero-order chi connectivity index (χ0) is 21.0. The van der Waals surface area contributed by atoms with Gasteiger partial charge in [0.2, 0.25) is 0 Å². The standard InChI is InChI=1S/C15H31N.C6H13Br.C3H7N/c1-4-7-9-11-14-16(13-6-3)15-12-10-8-5-2;1-2-3-4-5-6-7;1-2-3-4/h6H,3-5,7-15H2,1-2H3;2-6H2,1H3;2H,1,3-4H2. The van der Waals surface area contributed by atoms with Crippen LogP contribution < -0.4 is 5.73 Å². The van der Waals surface area contributed by atoms with Crippen molar-refractivity contribution in [3.8, 4) is 0 Å². The molecule has 0 aromatic rings. The summed E-state index contributed by atoms with van der Waals surface area (Å²) in [5.41, 5.74) is 4.91. The Kier molecular flexibility index (Phi) is 39.1. The summed E-state index contributed by atoms with van der Waals surface area (Å²) in [4.78, 5) is 2.55. The third-order valence-corrected chi connectivity index (χ3v) is 4.76. The molecule has 0 aromatic carbocycles. The monoisotopic (exact) mass is 446 g/mol. The Bertz CT molecular complexity index is 241. The van der Waals surface area contributed by atoms with Crippen LogP contribution in [0.15, 0.2) is 25.3 Å². The van der Waals surface area contributed by atoms with E-state index in [2.05, 4.69) is 54.8 Å². The van der Waals surface area contributed by atoms with Gasteiger partial charge < -0.3 is 5.73 Å². The average molecular weight is 448 g/mol. The second-order valence-electron chi connectivity index (χ2n) is 6.98. The molecule has 0 saturated carbocycles. The van der Waals surface area contributed by atoms with E-state index in [1.165, 1.54) is 95.5 Å². The molecule has 3 heteroatoms. The Morgan fingerprint density at radius 1 is 0.704 bits per heavy atom. The molecule has 0 aliphatic rings. The summed E-state index contributed by atoms with van der Waals surface area (Å²) >= 11 is 3.38. The Morgan fingerprint density at radius 3 is 1.41 bits per heavy atom. The maximum Gasteiger partial charge on any atom is 0.0160 e. The second-order valence-corrected chi connectivity index (χ2v) is 7.78. The molecule has 0 aromatic heterocycles. The van der Waals surface area contributed by atoms with Crippen LogP contribution in [0.3, 0.4) is 0 Å². The van der Waals surface area contributed by atoms with E-state index in [9.17, 15) is 0 Å². The van der Waals surface area contributed by atoms with Gasteiger partial charge in [0, 0.05) is 18.4 Å². The van der Waals surface area contributed by atoms with Gasteiger partial charge in [-0.2, -0.15) is 0 Å². The molecule has 0 saturated heterocycles. The van der Waals surface area contributed by atoms with Crippen molar-refractivity contribution in [1.29, 1.82) is 0 Å². The van der Waals surface area contributed by atoms with Crippen LogP contribution in [0.4, 0.5) is 0 Å². The molecular formula is C24H51BrN2. The van der Waals surface area contributed by atoms with Crippen LogP contribution in [0.5, 0.6) is 0 Å². The number of hydrogen-bond donors (Lipinski definition) is 1. The largest absolute Gasteiger partial charge is 0.327 e. The molecule has 0 bridgehead atoms. The van der Waals surface area contributed by atoms with Crippen LogP contribution in [0, 0.1) is 0 Å². The minimum Gasteiger partial charge on any atom is -0.327 e. The lowest BCUT2D eigenvalue weighted by Crippen LogP contribution is -2.26. The average Bonchev–Trinajstić information content (AvgIpc) is 2.69. The zero-order valence-electron chi connectivity index (χ0n) is 19.0. The van der Waals surface area contributed by atoms with Gasteiger partial charge in [0.25, 0.3) is 0 Å². The molecule has 0 spiro atoms. The van der Waals surface area contributed by atoms with Gasteiger partial charge in [0.05, 0.1) is 0 Å². The molecule has 0 aliphatic carbocycles. The van der Waals surface area contributed by atoms with Gasteiger partial charge in [-0.05, 0) is 32.4 Å². The van der Waals surface area contributed by atoms with Crippen LogP contribution >= 0.6 is 15.9 Å². The Labute approximate surface area is 181 Å². The number of nitrogens with two attached hydrogens (primary N) is 1. The van der Waals surface area contributed by atoms with E-state index < -0.39 is 0 Å². The SMILES string of the molecule is C=CCN.C=CCN(CCCCCC)CCCCCC.CCCCCCBr. The summed E-state index contributed by atoms with van der Waals surface area (Å²) in [6.07, 6.45) is 20.1. The minimum absolute atomic E-state index is 0.583. The molecular weight excluding hydrogens is 396 g/mol. The van der Waals surface area contributed by atoms with Gasteiger partial charge in [-0.15, -0.1) is 13.2 Å². The summed E-state index contributed by atoms with van der Waals surface area (Å²) in [5, 5.41) is 1.17. The van der Waals surface area contributed by atoms with Gasteiger partial charge >= 0.3 is 0 Å². The molecule has 2 N–H and O–H groups in total. The summed E-state index contributed by atoms with van der Waals surface area (Å²) in [6.45, 7) is 18.1. The number of hydrogen-bond acceptors (Lipinski definition) is 2. The van der Waals surface area contributed by atoms with Crippen molar-refractivity contribution >= 4 is 15.9 Å². The van der Waals surface area contributed by atoms with Crippen molar-refractivity contribution in [2.24, 2.45) is 5.73 Å². The van der Waals surface area contributed by atoms with Gasteiger partial charge in [0.15, 0.2) is 0 Å². The molecule has 0 unspecified atom stereocenters. The summed E-state index contributed by atoms with van der Waals surface area (Å²) in [5.74, 6) is 0. The molecule has 164 valence electrons. The summed E-state index contributed by atoms with van der Waals surface area (Å²) in [7, 11) is 0. The number of alkyl halides is 1. The fourth-order valence-corrected chi connectivity index (χ4v) is 2.92. The van der Waals surface area contributed by atoms with Crippen LogP contribution in [-0.4, -0.2) is 36.4 Å². The van der Waals surface area contributed by atoms with E-state index in [-0.39, 0.29) is 0 Å². The first-order valence-electron chi connectivity index (χ1n) is 11.4. The normalized spacial score (nSPS) is 9.85. The first-order valence-corrected chi connectivity index (χ1v) is 12.5. The third-order valence-electron chi connectivity index (χ3n) is 4.20. The van der Waals surface area contributed by atoms with Crippen molar-refractivity contribution in [2.45, 2.75) is 97.8 Å². The number of halogens is 1. The van der Waals surface area contributed by atoms with Gasteiger partial charge in [-0.25, -0.2) is 0 Å². The van der Waals surface area contributed by atoms with Gasteiger partial charge in [0.1, 0.15) is 0 Å². The van der Waals surface area contributed by atoms with E-state index in [0.717, 1.165) is 6.54 Å². The lowest BCUT2D eigenvalue weighted by atomic mass is 10.1. The van der Waals surface area contributed by atoms with Crippen molar-refractivity contribution in [3.63, 3.8) is 0 Å². The number of nitrogens with zero attached hydrogens (tertiary/aromatic N) is 1. The molecule has 0 heterocycles. The molecule has 2 nitrogen and oxygen atoms in total. The molecule has 27 heavy (non-hydrogen) atoms. The number of rotatable bonds is 17. The van der Waals surface area contributed by atoms with Crippen molar-refractivity contribution in [2.75, 3.05) is 31.5 Å². The smallest absolute Gasteiger partial charge is 0.0160 e. The second kappa shape index (κ2) is 33.5. The topological polar surface area (TPSA) is 29.3 Å². The highest BCUT2D eigenvalue weighted by atomic mass is 79.9. The van der Waals surface area contributed by atoms with Crippen LogP contribution in [0.2, 0.25) is 0 Å². The highest BCUT2D eigenvalue weighted by molar-refractivity contribution is 9.09. The van der Waals surface area contributed by atoms with Crippen molar-refractivity contribution in [3.05, 3.63) is 25.3 Å².